The summed E-state index contributed by atoms with van der Waals surface area (Å²) in [6.07, 6.45) is 6.17. The number of benzene rings is 1. The van der Waals surface area contributed by atoms with E-state index in [0.29, 0.717) is 5.41 Å². The molecule has 2 nitrogen and oxygen atoms in total. The average molecular weight is 289 g/mol. The van der Waals surface area contributed by atoms with Crippen LogP contribution in [0.5, 0.6) is 0 Å². The minimum atomic E-state index is 0.199. The monoisotopic (exact) mass is 289 g/mol. The maximum Gasteiger partial charge on any atom is 0.0471 e. The van der Waals surface area contributed by atoms with Gasteiger partial charge < -0.3 is 10.1 Å². The summed E-state index contributed by atoms with van der Waals surface area (Å²) >= 11 is 0. The Morgan fingerprint density at radius 2 is 1.76 bits per heavy atom. The van der Waals surface area contributed by atoms with E-state index in [0.717, 1.165) is 19.8 Å². The first-order valence-electron chi connectivity index (χ1n) is 8.36. The summed E-state index contributed by atoms with van der Waals surface area (Å²) in [7, 11) is 0. The lowest BCUT2D eigenvalue weighted by Gasteiger charge is -2.40. The number of aryl methyl sites for hydroxylation is 1. The molecule has 1 aromatic carbocycles. The van der Waals surface area contributed by atoms with Crippen molar-refractivity contribution in [1.29, 1.82) is 0 Å². The van der Waals surface area contributed by atoms with Crippen molar-refractivity contribution in [1.82, 2.24) is 5.32 Å². The molecule has 1 N–H and O–H groups in total. The van der Waals surface area contributed by atoms with Gasteiger partial charge in [0.05, 0.1) is 0 Å². The van der Waals surface area contributed by atoms with Gasteiger partial charge in [0.1, 0.15) is 0 Å². The topological polar surface area (TPSA) is 21.3 Å². The SMILES string of the molecule is CC(C)(C)NCC1(CCCc2ccccc2)CCOCC1. The van der Waals surface area contributed by atoms with Gasteiger partial charge in [-0.15, -0.1) is 0 Å². The van der Waals surface area contributed by atoms with Crippen LogP contribution in [0.1, 0.15) is 52.0 Å². The third-order valence-corrected chi connectivity index (χ3v) is 4.56. The summed E-state index contributed by atoms with van der Waals surface area (Å²) < 4.78 is 5.59. The Labute approximate surface area is 130 Å². The van der Waals surface area contributed by atoms with E-state index in [2.05, 4.69) is 56.4 Å². The Kier molecular flexibility index (Phi) is 5.83. The van der Waals surface area contributed by atoms with Gasteiger partial charge in [0.25, 0.3) is 0 Å². The van der Waals surface area contributed by atoms with Crippen LogP contribution < -0.4 is 5.32 Å². The maximum atomic E-state index is 5.59. The molecule has 0 bridgehead atoms. The summed E-state index contributed by atoms with van der Waals surface area (Å²) in [4.78, 5) is 0. The molecule has 1 saturated heterocycles. The summed E-state index contributed by atoms with van der Waals surface area (Å²) in [5.74, 6) is 0. The molecule has 2 rings (SSSR count). The van der Waals surface area contributed by atoms with Gasteiger partial charge >= 0.3 is 0 Å². The lowest BCUT2D eigenvalue weighted by molar-refractivity contribution is 0.00667. The van der Waals surface area contributed by atoms with Crippen molar-refractivity contribution in [2.24, 2.45) is 5.41 Å². The molecular formula is C19H31NO. The van der Waals surface area contributed by atoms with Crippen molar-refractivity contribution < 1.29 is 4.74 Å². The van der Waals surface area contributed by atoms with Crippen molar-refractivity contribution in [3.63, 3.8) is 0 Å². The molecule has 0 aromatic heterocycles. The Bertz CT molecular complexity index is 401. The highest BCUT2D eigenvalue weighted by Gasteiger charge is 2.32. The third kappa shape index (κ3) is 5.80. The van der Waals surface area contributed by atoms with Crippen LogP contribution in [0.3, 0.4) is 0 Å². The van der Waals surface area contributed by atoms with E-state index in [-0.39, 0.29) is 5.54 Å². The number of ether oxygens (including phenoxy) is 1. The van der Waals surface area contributed by atoms with Crippen molar-refractivity contribution in [2.45, 2.75) is 58.4 Å². The molecule has 0 unspecified atom stereocenters. The summed E-state index contributed by atoms with van der Waals surface area (Å²) in [5.41, 5.74) is 2.09. The number of nitrogens with one attached hydrogen (secondary N) is 1. The quantitative estimate of drug-likeness (QED) is 0.847. The van der Waals surface area contributed by atoms with Crippen molar-refractivity contribution in [3.8, 4) is 0 Å². The molecule has 0 radical (unpaired) electrons. The molecule has 118 valence electrons. The molecule has 0 amide bonds. The van der Waals surface area contributed by atoms with E-state index in [9.17, 15) is 0 Å². The van der Waals surface area contributed by atoms with Gasteiger partial charge in [0.15, 0.2) is 0 Å². The maximum absolute atomic E-state index is 5.59. The number of rotatable bonds is 6. The first-order valence-corrected chi connectivity index (χ1v) is 8.36. The van der Waals surface area contributed by atoms with Gasteiger partial charge in [0.2, 0.25) is 0 Å². The van der Waals surface area contributed by atoms with Crippen LogP contribution in [-0.4, -0.2) is 25.3 Å². The standard InChI is InChI=1S/C19H31NO/c1-18(2,3)20-16-19(12-14-21-15-13-19)11-7-10-17-8-5-4-6-9-17/h4-6,8-9,20H,7,10-16H2,1-3H3. The molecule has 1 heterocycles. The van der Waals surface area contributed by atoms with Crippen LogP contribution >= 0.6 is 0 Å². The molecular weight excluding hydrogens is 258 g/mol. The first-order chi connectivity index (χ1) is 9.99. The summed E-state index contributed by atoms with van der Waals surface area (Å²) in [5, 5.41) is 3.73. The van der Waals surface area contributed by atoms with E-state index in [1.165, 1.54) is 37.7 Å². The van der Waals surface area contributed by atoms with Crippen LogP contribution in [0, 0.1) is 5.41 Å². The molecule has 0 aliphatic carbocycles. The van der Waals surface area contributed by atoms with E-state index < -0.39 is 0 Å². The van der Waals surface area contributed by atoms with E-state index in [1.54, 1.807) is 0 Å². The predicted molar refractivity (Wildman–Crippen MR) is 89.6 cm³/mol. The van der Waals surface area contributed by atoms with Gasteiger partial charge in [-0.1, -0.05) is 30.3 Å². The largest absolute Gasteiger partial charge is 0.381 e. The number of hydrogen-bond acceptors (Lipinski definition) is 2. The fourth-order valence-electron chi connectivity index (χ4n) is 3.08. The van der Waals surface area contributed by atoms with Crippen molar-refractivity contribution >= 4 is 0 Å². The fraction of sp³-hybridized carbons (Fsp3) is 0.684. The van der Waals surface area contributed by atoms with Gasteiger partial charge in [0, 0.05) is 25.3 Å². The van der Waals surface area contributed by atoms with E-state index in [1.807, 2.05) is 0 Å². The Morgan fingerprint density at radius 3 is 2.38 bits per heavy atom. The second-order valence-electron chi connectivity index (χ2n) is 7.56. The molecule has 1 aliphatic heterocycles. The zero-order chi connectivity index (χ0) is 15.2. The molecule has 1 aromatic rings. The smallest absolute Gasteiger partial charge is 0.0471 e. The zero-order valence-electron chi connectivity index (χ0n) is 14.0. The second kappa shape index (κ2) is 7.42. The van der Waals surface area contributed by atoms with Crippen LogP contribution in [0.25, 0.3) is 0 Å². The highest BCUT2D eigenvalue weighted by atomic mass is 16.5. The van der Waals surface area contributed by atoms with Gasteiger partial charge in [-0.3, -0.25) is 0 Å². The third-order valence-electron chi connectivity index (χ3n) is 4.56. The molecule has 1 aliphatic rings. The van der Waals surface area contributed by atoms with Crippen LogP contribution in [0.15, 0.2) is 30.3 Å². The van der Waals surface area contributed by atoms with Gasteiger partial charge in [-0.25, -0.2) is 0 Å². The average Bonchev–Trinajstić information content (AvgIpc) is 2.47. The van der Waals surface area contributed by atoms with E-state index in [4.69, 9.17) is 4.74 Å². The highest BCUT2D eigenvalue weighted by molar-refractivity contribution is 5.14. The Balaban J connectivity index is 1.87. The molecule has 1 fully saturated rings. The summed E-state index contributed by atoms with van der Waals surface area (Å²) in [6, 6.07) is 10.9. The molecule has 0 spiro atoms. The van der Waals surface area contributed by atoms with Crippen LogP contribution in [0.2, 0.25) is 0 Å². The second-order valence-corrected chi connectivity index (χ2v) is 7.56. The lowest BCUT2D eigenvalue weighted by Crippen LogP contribution is -2.46. The van der Waals surface area contributed by atoms with Crippen molar-refractivity contribution in [3.05, 3.63) is 35.9 Å². The lowest BCUT2D eigenvalue weighted by atomic mass is 9.75. The normalized spacial score (nSPS) is 18.6. The fourth-order valence-corrected chi connectivity index (χ4v) is 3.08. The molecule has 2 heteroatoms. The van der Waals surface area contributed by atoms with E-state index >= 15 is 0 Å². The summed E-state index contributed by atoms with van der Waals surface area (Å²) in [6.45, 7) is 9.74. The van der Waals surface area contributed by atoms with Crippen LogP contribution in [0.4, 0.5) is 0 Å². The Morgan fingerprint density at radius 1 is 1.10 bits per heavy atom. The minimum Gasteiger partial charge on any atom is -0.381 e. The molecule has 0 atom stereocenters. The predicted octanol–water partition coefficient (Wildman–Crippen LogP) is 4.19. The van der Waals surface area contributed by atoms with Gasteiger partial charge in [-0.2, -0.15) is 0 Å². The van der Waals surface area contributed by atoms with Crippen molar-refractivity contribution in [2.75, 3.05) is 19.8 Å². The highest BCUT2D eigenvalue weighted by Crippen LogP contribution is 2.35. The Hall–Kier alpha value is -0.860. The number of hydrogen-bond donors (Lipinski definition) is 1. The van der Waals surface area contributed by atoms with Crippen LogP contribution in [-0.2, 0) is 11.2 Å². The minimum absolute atomic E-state index is 0.199. The zero-order valence-corrected chi connectivity index (χ0v) is 14.0. The first kappa shape index (κ1) is 16.5. The molecule has 0 saturated carbocycles. The molecule has 21 heavy (non-hydrogen) atoms. The van der Waals surface area contributed by atoms with Gasteiger partial charge in [-0.05, 0) is 63.9 Å².